The van der Waals surface area contributed by atoms with Crippen LogP contribution >= 0.6 is 0 Å². The SMILES string of the molecule is CC[C@H](N)C(=O)NCCCOCc1ccco1. The Bertz CT molecular complexity index is 312. The average molecular weight is 240 g/mol. The summed E-state index contributed by atoms with van der Waals surface area (Å²) in [6.07, 6.45) is 3.04. The van der Waals surface area contributed by atoms with Crippen LogP contribution in [-0.2, 0) is 16.1 Å². The maximum Gasteiger partial charge on any atom is 0.236 e. The fraction of sp³-hybridized carbons (Fsp3) is 0.583. The van der Waals surface area contributed by atoms with Crippen molar-refractivity contribution in [3.8, 4) is 0 Å². The summed E-state index contributed by atoms with van der Waals surface area (Å²) in [5.74, 6) is 0.709. The molecule has 0 spiro atoms. The van der Waals surface area contributed by atoms with Crippen LogP contribution in [0.15, 0.2) is 22.8 Å². The zero-order valence-electron chi connectivity index (χ0n) is 10.1. The molecule has 1 amide bonds. The lowest BCUT2D eigenvalue weighted by Gasteiger charge is -2.09. The fourth-order valence-electron chi connectivity index (χ4n) is 1.27. The van der Waals surface area contributed by atoms with Gasteiger partial charge in [-0.3, -0.25) is 4.79 Å². The van der Waals surface area contributed by atoms with Gasteiger partial charge in [0.05, 0.1) is 12.3 Å². The van der Waals surface area contributed by atoms with Crippen LogP contribution in [0, 0.1) is 0 Å². The van der Waals surface area contributed by atoms with Crippen molar-refractivity contribution in [2.24, 2.45) is 5.73 Å². The molecular formula is C12H20N2O3. The highest BCUT2D eigenvalue weighted by molar-refractivity contribution is 5.81. The summed E-state index contributed by atoms with van der Waals surface area (Å²) in [7, 11) is 0. The highest BCUT2D eigenvalue weighted by Gasteiger charge is 2.08. The Morgan fingerprint density at radius 2 is 2.47 bits per heavy atom. The highest BCUT2D eigenvalue weighted by Crippen LogP contribution is 2.01. The normalized spacial score (nSPS) is 12.4. The maximum atomic E-state index is 11.3. The van der Waals surface area contributed by atoms with E-state index in [-0.39, 0.29) is 5.91 Å². The van der Waals surface area contributed by atoms with Crippen molar-refractivity contribution in [1.29, 1.82) is 0 Å². The molecule has 0 aliphatic heterocycles. The van der Waals surface area contributed by atoms with Gasteiger partial charge in [-0.05, 0) is 25.0 Å². The minimum atomic E-state index is -0.404. The van der Waals surface area contributed by atoms with E-state index in [1.54, 1.807) is 6.26 Å². The van der Waals surface area contributed by atoms with E-state index in [1.165, 1.54) is 0 Å². The molecule has 1 aromatic heterocycles. The summed E-state index contributed by atoms with van der Waals surface area (Å²) in [6.45, 7) is 3.53. The first-order valence-corrected chi connectivity index (χ1v) is 5.87. The third-order valence-electron chi connectivity index (χ3n) is 2.37. The van der Waals surface area contributed by atoms with Crippen molar-refractivity contribution < 1.29 is 13.9 Å². The van der Waals surface area contributed by atoms with Gasteiger partial charge in [-0.15, -0.1) is 0 Å². The number of nitrogens with two attached hydrogens (primary N) is 1. The van der Waals surface area contributed by atoms with E-state index in [1.807, 2.05) is 19.1 Å². The molecule has 1 aromatic rings. The van der Waals surface area contributed by atoms with Crippen LogP contribution in [-0.4, -0.2) is 25.1 Å². The van der Waals surface area contributed by atoms with Gasteiger partial charge in [-0.1, -0.05) is 6.92 Å². The molecule has 3 N–H and O–H groups in total. The molecule has 0 aliphatic carbocycles. The van der Waals surface area contributed by atoms with E-state index < -0.39 is 6.04 Å². The maximum absolute atomic E-state index is 11.3. The molecule has 0 aliphatic rings. The molecule has 1 atom stereocenters. The molecule has 17 heavy (non-hydrogen) atoms. The quantitative estimate of drug-likeness (QED) is 0.665. The summed E-state index contributed by atoms with van der Waals surface area (Å²) >= 11 is 0. The van der Waals surface area contributed by atoms with E-state index in [0.29, 0.717) is 26.2 Å². The van der Waals surface area contributed by atoms with Crippen molar-refractivity contribution in [1.82, 2.24) is 5.32 Å². The van der Waals surface area contributed by atoms with Crippen molar-refractivity contribution in [2.75, 3.05) is 13.2 Å². The minimum Gasteiger partial charge on any atom is -0.467 e. The average Bonchev–Trinajstić information content (AvgIpc) is 2.85. The van der Waals surface area contributed by atoms with Gasteiger partial charge < -0.3 is 20.2 Å². The highest BCUT2D eigenvalue weighted by atomic mass is 16.5. The topological polar surface area (TPSA) is 77.5 Å². The van der Waals surface area contributed by atoms with Gasteiger partial charge in [0, 0.05) is 13.2 Å². The second kappa shape index (κ2) is 7.86. The Morgan fingerprint density at radius 1 is 1.65 bits per heavy atom. The summed E-state index contributed by atoms with van der Waals surface area (Å²) in [4.78, 5) is 11.3. The van der Waals surface area contributed by atoms with Gasteiger partial charge in [0.1, 0.15) is 12.4 Å². The number of carbonyl (C=O) groups is 1. The zero-order valence-corrected chi connectivity index (χ0v) is 10.1. The van der Waals surface area contributed by atoms with Gasteiger partial charge in [-0.25, -0.2) is 0 Å². The zero-order chi connectivity index (χ0) is 12.5. The van der Waals surface area contributed by atoms with Crippen molar-refractivity contribution in [3.05, 3.63) is 24.2 Å². The number of rotatable bonds is 8. The first-order chi connectivity index (χ1) is 8.24. The predicted molar refractivity (Wildman–Crippen MR) is 64.3 cm³/mol. The van der Waals surface area contributed by atoms with Gasteiger partial charge in [0.15, 0.2) is 0 Å². The fourth-order valence-corrected chi connectivity index (χ4v) is 1.27. The lowest BCUT2D eigenvalue weighted by Crippen LogP contribution is -2.40. The summed E-state index contributed by atoms with van der Waals surface area (Å²) in [5, 5.41) is 2.76. The number of hydrogen-bond acceptors (Lipinski definition) is 4. The van der Waals surface area contributed by atoms with Crippen LogP contribution in [0.4, 0.5) is 0 Å². The molecule has 0 fully saturated rings. The van der Waals surface area contributed by atoms with E-state index in [9.17, 15) is 4.79 Å². The van der Waals surface area contributed by atoms with Crippen LogP contribution in [0.2, 0.25) is 0 Å². The molecule has 1 rings (SSSR count). The van der Waals surface area contributed by atoms with Crippen molar-refractivity contribution in [2.45, 2.75) is 32.4 Å². The van der Waals surface area contributed by atoms with Gasteiger partial charge in [0.2, 0.25) is 5.91 Å². The van der Waals surface area contributed by atoms with Gasteiger partial charge in [0.25, 0.3) is 0 Å². The molecule has 0 saturated heterocycles. The molecule has 0 unspecified atom stereocenters. The molecule has 0 saturated carbocycles. The third kappa shape index (κ3) is 5.51. The van der Waals surface area contributed by atoms with Crippen molar-refractivity contribution >= 4 is 5.91 Å². The largest absolute Gasteiger partial charge is 0.467 e. The third-order valence-corrected chi connectivity index (χ3v) is 2.37. The number of furan rings is 1. The predicted octanol–water partition coefficient (Wildman–Crippen LogP) is 1.04. The van der Waals surface area contributed by atoms with Crippen molar-refractivity contribution in [3.63, 3.8) is 0 Å². The number of amides is 1. The first-order valence-electron chi connectivity index (χ1n) is 5.87. The summed E-state index contributed by atoms with van der Waals surface area (Å²) < 4.78 is 10.5. The number of hydrogen-bond donors (Lipinski definition) is 2. The van der Waals surface area contributed by atoms with Crippen LogP contribution in [0.3, 0.4) is 0 Å². The Kier molecular flexibility index (Phi) is 6.35. The Morgan fingerprint density at radius 3 is 3.12 bits per heavy atom. The molecule has 1 heterocycles. The van der Waals surface area contributed by atoms with Crippen LogP contribution < -0.4 is 11.1 Å². The summed E-state index contributed by atoms with van der Waals surface area (Å²) in [5.41, 5.74) is 5.57. The molecule has 0 aromatic carbocycles. The Hall–Kier alpha value is -1.33. The first kappa shape index (κ1) is 13.7. The van der Waals surface area contributed by atoms with Gasteiger partial charge >= 0.3 is 0 Å². The van der Waals surface area contributed by atoms with Gasteiger partial charge in [-0.2, -0.15) is 0 Å². The monoisotopic (exact) mass is 240 g/mol. The lowest BCUT2D eigenvalue weighted by atomic mass is 10.2. The molecular weight excluding hydrogens is 220 g/mol. The van der Waals surface area contributed by atoms with Crippen LogP contribution in [0.1, 0.15) is 25.5 Å². The number of carbonyl (C=O) groups excluding carboxylic acids is 1. The Balaban J connectivity index is 1.96. The minimum absolute atomic E-state index is 0.0986. The summed E-state index contributed by atoms with van der Waals surface area (Å²) in [6, 6.07) is 3.28. The number of nitrogens with one attached hydrogen (secondary N) is 1. The van der Waals surface area contributed by atoms with E-state index in [0.717, 1.165) is 12.2 Å². The molecule has 5 nitrogen and oxygen atoms in total. The van der Waals surface area contributed by atoms with Crippen LogP contribution in [0.25, 0.3) is 0 Å². The number of ether oxygens (including phenoxy) is 1. The van der Waals surface area contributed by atoms with E-state index in [4.69, 9.17) is 14.9 Å². The van der Waals surface area contributed by atoms with E-state index >= 15 is 0 Å². The lowest BCUT2D eigenvalue weighted by molar-refractivity contribution is -0.122. The molecule has 0 bridgehead atoms. The molecule has 96 valence electrons. The van der Waals surface area contributed by atoms with Crippen LogP contribution in [0.5, 0.6) is 0 Å². The Labute approximate surface area is 101 Å². The van der Waals surface area contributed by atoms with E-state index in [2.05, 4.69) is 5.32 Å². The smallest absolute Gasteiger partial charge is 0.236 e. The second-order valence-electron chi connectivity index (χ2n) is 3.79. The second-order valence-corrected chi connectivity index (χ2v) is 3.79. The molecule has 5 heteroatoms. The standard InChI is InChI=1S/C12H20N2O3/c1-2-11(13)12(15)14-6-4-7-16-9-10-5-3-8-17-10/h3,5,8,11H,2,4,6-7,9,13H2,1H3,(H,14,15)/t11-/m0/s1. The molecule has 0 radical (unpaired) electrons.